The smallest absolute Gasteiger partial charge is 0.311 e. The molecule has 156 valence electrons. The Morgan fingerprint density at radius 2 is 1.57 bits per heavy atom. The number of benzene rings is 1. The Labute approximate surface area is 166 Å². The lowest BCUT2D eigenvalue weighted by Crippen LogP contribution is -2.07. The van der Waals surface area contributed by atoms with E-state index in [-0.39, 0.29) is 29.8 Å². The van der Waals surface area contributed by atoms with Gasteiger partial charge in [0, 0.05) is 18.9 Å². The summed E-state index contributed by atoms with van der Waals surface area (Å²) in [6, 6.07) is 5.61. The summed E-state index contributed by atoms with van der Waals surface area (Å²) in [6.45, 7) is 2.64. The Bertz CT molecular complexity index is 617. The second kappa shape index (κ2) is 14.6. The number of non-ortho nitro benzene ring substituents is 1. The number of hydrogen-bond acceptors (Lipinski definition) is 6. The van der Waals surface area contributed by atoms with E-state index in [1.807, 2.05) is 0 Å². The topological polar surface area (TPSA) is 95.7 Å². The summed E-state index contributed by atoms with van der Waals surface area (Å²) in [5.41, 5.74) is -0.102. The van der Waals surface area contributed by atoms with Gasteiger partial charge in [-0.1, -0.05) is 51.5 Å². The van der Waals surface area contributed by atoms with Crippen molar-refractivity contribution < 1.29 is 24.0 Å². The molecule has 0 fully saturated rings. The number of unbranched alkanes of at least 4 members (excludes halogenated alkanes) is 7. The first-order chi connectivity index (χ1) is 13.5. The molecule has 0 aliphatic heterocycles. The largest absolute Gasteiger partial charge is 0.466 e. The molecular formula is C21H31NO6. The van der Waals surface area contributed by atoms with Crippen LogP contribution >= 0.6 is 0 Å². The average Bonchev–Trinajstić information content (AvgIpc) is 2.67. The number of esters is 2. The second-order valence-corrected chi connectivity index (χ2v) is 6.78. The maximum atomic E-state index is 11.8. The molecule has 0 saturated carbocycles. The molecule has 0 unspecified atom stereocenters. The molecule has 0 spiro atoms. The monoisotopic (exact) mass is 393 g/mol. The van der Waals surface area contributed by atoms with Crippen LogP contribution in [0.25, 0.3) is 0 Å². The number of carbonyl (C=O) groups is 2. The van der Waals surface area contributed by atoms with Gasteiger partial charge in [-0.05, 0) is 25.3 Å². The van der Waals surface area contributed by atoms with Crippen molar-refractivity contribution in [1.82, 2.24) is 0 Å². The van der Waals surface area contributed by atoms with Crippen LogP contribution in [0.4, 0.5) is 5.69 Å². The van der Waals surface area contributed by atoms with E-state index in [2.05, 4.69) is 6.92 Å². The average molecular weight is 393 g/mol. The van der Waals surface area contributed by atoms with Crippen molar-refractivity contribution in [2.75, 3.05) is 6.61 Å². The van der Waals surface area contributed by atoms with E-state index in [0.29, 0.717) is 19.4 Å². The van der Waals surface area contributed by atoms with Crippen molar-refractivity contribution in [3.63, 3.8) is 0 Å². The van der Waals surface area contributed by atoms with Crippen LogP contribution in [0.1, 0.15) is 77.6 Å². The van der Waals surface area contributed by atoms with Crippen LogP contribution in [0.15, 0.2) is 24.3 Å². The third-order valence-corrected chi connectivity index (χ3v) is 4.28. The molecule has 1 rings (SSSR count). The molecule has 0 aliphatic carbocycles. The van der Waals surface area contributed by atoms with Gasteiger partial charge in [0.05, 0.1) is 17.6 Å². The third-order valence-electron chi connectivity index (χ3n) is 4.28. The summed E-state index contributed by atoms with van der Waals surface area (Å²) >= 11 is 0. The third kappa shape index (κ3) is 11.3. The molecule has 0 bridgehead atoms. The van der Waals surface area contributed by atoms with Gasteiger partial charge in [0.2, 0.25) is 0 Å². The number of nitro groups is 1. The Hall–Kier alpha value is -2.44. The maximum Gasteiger partial charge on any atom is 0.311 e. The van der Waals surface area contributed by atoms with Gasteiger partial charge in [0.1, 0.15) is 5.75 Å². The molecule has 0 aliphatic rings. The molecule has 1 aromatic carbocycles. The fourth-order valence-corrected chi connectivity index (χ4v) is 2.70. The maximum absolute atomic E-state index is 11.8. The standard InChI is InChI=1S/C21H31NO6/c1-2-3-10-16-27-20(23)14-8-6-4-5-7-9-15-21(24)28-19-13-11-12-18(17-19)22(25)26/h11-13,17H,2-10,14-16H2,1H3. The summed E-state index contributed by atoms with van der Waals surface area (Å²) in [5.74, 6) is -0.299. The highest BCUT2D eigenvalue weighted by atomic mass is 16.6. The zero-order chi connectivity index (χ0) is 20.6. The number of nitro benzene ring substituents is 1. The number of nitrogens with zero attached hydrogens (tertiary/aromatic N) is 1. The highest BCUT2D eigenvalue weighted by Crippen LogP contribution is 2.20. The van der Waals surface area contributed by atoms with Crippen LogP contribution in [0.2, 0.25) is 0 Å². The zero-order valence-electron chi connectivity index (χ0n) is 16.7. The predicted octanol–water partition coefficient (Wildman–Crippen LogP) is 5.35. The highest BCUT2D eigenvalue weighted by molar-refractivity contribution is 5.72. The SMILES string of the molecule is CCCCCOC(=O)CCCCCCCCC(=O)Oc1cccc([N+](=O)[O-])c1. The van der Waals surface area contributed by atoms with Crippen molar-refractivity contribution in [3.8, 4) is 5.75 Å². The van der Waals surface area contributed by atoms with E-state index in [1.165, 1.54) is 24.3 Å². The molecule has 0 N–H and O–H groups in total. The first-order valence-electron chi connectivity index (χ1n) is 10.1. The summed E-state index contributed by atoms with van der Waals surface area (Å²) in [4.78, 5) is 33.5. The van der Waals surface area contributed by atoms with Crippen molar-refractivity contribution in [2.24, 2.45) is 0 Å². The van der Waals surface area contributed by atoms with Crippen LogP contribution in [0, 0.1) is 10.1 Å². The molecule has 1 aromatic rings. The number of hydrogen-bond donors (Lipinski definition) is 0. The Morgan fingerprint density at radius 1 is 0.929 bits per heavy atom. The summed E-state index contributed by atoms with van der Waals surface area (Å²) in [5, 5.41) is 10.7. The lowest BCUT2D eigenvalue weighted by molar-refractivity contribution is -0.384. The fourth-order valence-electron chi connectivity index (χ4n) is 2.70. The first kappa shape index (κ1) is 23.6. The van der Waals surface area contributed by atoms with Gasteiger partial charge >= 0.3 is 11.9 Å². The van der Waals surface area contributed by atoms with Crippen molar-refractivity contribution >= 4 is 17.6 Å². The quantitative estimate of drug-likeness (QED) is 0.131. The van der Waals surface area contributed by atoms with Gasteiger partial charge < -0.3 is 9.47 Å². The van der Waals surface area contributed by atoms with Gasteiger partial charge in [-0.25, -0.2) is 0 Å². The number of ether oxygens (including phenoxy) is 2. The molecule has 0 heterocycles. The molecule has 28 heavy (non-hydrogen) atoms. The zero-order valence-corrected chi connectivity index (χ0v) is 16.7. The second-order valence-electron chi connectivity index (χ2n) is 6.78. The van der Waals surface area contributed by atoms with Gasteiger partial charge in [-0.15, -0.1) is 0 Å². The molecule has 0 amide bonds. The Kier molecular flexibility index (Phi) is 12.3. The van der Waals surface area contributed by atoms with E-state index in [9.17, 15) is 19.7 Å². The van der Waals surface area contributed by atoms with E-state index < -0.39 is 4.92 Å². The van der Waals surface area contributed by atoms with Crippen LogP contribution in [-0.2, 0) is 14.3 Å². The lowest BCUT2D eigenvalue weighted by Gasteiger charge is -2.05. The predicted molar refractivity (Wildman–Crippen MR) is 106 cm³/mol. The summed E-state index contributed by atoms with van der Waals surface area (Å²) in [7, 11) is 0. The molecule has 7 heteroatoms. The first-order valence-corrected chi connectivity index (χ1v) is 10.1. The van der Waals surface area contributed by atoms with Gasteiger partial charge in [0.15, 0.2) is 0 Å². The van der Waals surface area contributed by atoms with Crippen molar-refractivity contribution in [2.45, 2.75) is 77.6 Å². The lowest BCUT2D eigenvalue weighted by atomic mass is 10.1. The van der Waals surface area contributed by atoms with E-state index in [4.69, 9.17) is 9.47 Å². The van der Waals surface area contributed by atoms with Crippen LogP contribution in [0.5, 0.6) is 5.75 Å². The highest BCUT2D eigenvalue weighted by Gasteiger charge is 2.10. The Morgan fingerprint density at radius 3 is 2.21 bits per heavy atom. The molecule has 7 nitrogen and oxygen atoms in total. The van der Waals surface area contributed by atoms with Gasteiger partial charge in [-0.3, -0.25) is 19.7 Å². The minimum atomic E-state index is -0.524. The van der Waals surface area contributed by atoms with E-state index in [0.717, 1.165) is 51.4 Å². The molecule has 0 atom stereocenters. The van der Waals surface area contributed by atoms with E-state index >= 15 is 0 Å². The van der Waals surface area contributed by atoms with Gasteiger partial charge in [0.25, 0.3) is 5.69 Å². The van der Waals surface area contributed by atoms with E-state index in [1.54, 1.807) is 0 Å². The number of carbonyl (C=O) groups excluding carboxylic acids is 2. The number of rotatable bonds is 15. The molecule has 0 saturated heterocycles. The van der Waals surface area contributed by atoms with Gasteiger partial charge in [-0.2, -0.15) is 0 Å². The molecular weight excluding hydrogens is 362 g/mol. The summed E-state index contributed by atoms with van der Waals surface area (Å²) < 4.78 is 10.3. The normalized spacial score (nSPS) is 10.5. The van der Waals surface area contributed by atoms with Crippen molar-refractivity contribution in [1.29, 1.82) is 0 Å². The minimum absolute atomic E-state index is 0.102. The van der Waals surface area contributed by atoms with Crippen LogP contribution in [-0.4, -0.2) is 23.5 Å². The van der Waals surface area contributed by atoms with Crippen molar-refractivity contribution in [3.05, 3.63) is 34.4 Å². The fraction of sp³-hybridized carbons (Fsp3) is 0.619. The van der Waals surface area contributed by atoms with Crippen LogP contribution in [0.3, 0.4) is 0 Å². The Balaban J connectivity index is 2.01. The van der Waals surface area contributed by atoms with Crippen LogP contribution < -0.4 is 4.74 Å². The molecule has 0 radical (unpaired) electrons. The summed E-state index contributed by atoms with van der Waals surface area (Å²) in [6.07, 6.45) is 9.34. The molecule has 0 aromatic heterocycles. The minimum Gasteiger partial charge on any atom is -0.466 e.